The fraction of sp³-hybridized carbons (Fsp3) is 0.420. The summed E-state index contributed by atoms with van der Waals surface area (Å²) in [5.41, 5.74) is 3.73. The lowest BCUT2D eigenvalue weighted by Crippen LogP contribution is -2.66. The van der Waals surface area contributed by atoms with Gasteiger partial charge >= 0.3 is 0 Å². The van der Waals surface area contributed by atoms with Crippen molar-refractivity contribution in [1.82, 2.24) is 44.8 Å². The van der Waals surface area contributed by atoms with Crippen LogP contribution in [0.5, 0.6) is 5.75 Å². The molecule has 3 aromatic heterocycles. The summed E-state index contributed by atoms with van der Waals surface area (Å²) in [6, 6.07) is 16.0. The fourth-order valence-corrected chi connectivity index (χ4v) is 10.6. The van der Waals surface area contributed by atoms with E-state index in [0.717, 1.165) is 72.4 Å². The number of aliphatic hydroxyl groups is 1. The average Bonchev–Trinajstić information content (AvgIpc) is 3.89. The van der Waals surface area contributed by atoms with Crippen LogP contribution in [0.1, 0.15) is 70.0 Å². The van der Waals surface area contributed by atoms with Crippen molar-refractivity contribution in [2.24, 2.45) is 0 Å². The molecular weight excluding hydrogens is 889 g/mol. The summed E-state index contributed by atoms with van der Waals surface area (Å²) in [6.45, 7) is 8.48. The van der Waals surface area contributed by atoms with Crippen molar-refractivity contribution in [3.8, 4) is 22.9 Å². The maximum atomic E-state index is 14.9. The van der Waals surface area contributed by atoms with Gasteiger partial charge in [-0.15, -0.1) is 0 Å². The first-order chi connectivity index (χ1) is 33.4. The molecule has 69 heavy (non-hydrogen) atoms. The quantitative estimate of drug-likeness (QED) is 0.166. The normalized spacial score (nSPS) is 20.9. The summed E-state index contributed by atoms with van der Waals surface area (Å²) in [7, 11) is 0. The third kappa shape index (κ3) is 9.19. The first kappa shape index (κ1) is 45.8. The van der Waals surface area contributed by atoms with E-state index in [-0.39, 0.29) is 42.2 Å². The molecule has 2 unspecified atom stereocenters. The maximum absolute atomic E-state index is 14.9. The van der Waals surface area contributed by atoms with Crippen LogP contribution in [-0.2, 0) is 22.6 Å². The van der Waals surface area contributed by atoms with E-state index in [9.17, 15) is 38.3 Å². The Kier molecular flexibility index (Phi) is 12.5. The van der Waals surface area contributed by atoms with Crippen LogP contribution >= 0.6 is 0 Å². The van der Waals surface area contributed by atoms with E-state index in [2.05, 4.69) is 36.5 Å². The van der Waals surface area contributed by atoms with Gasteiger partial charge in [-0.3, -0.25) is 29.0 Å². The van der Waals surface area contributed by atoms with Crippen LogP contribution in [-0.4, -0.2) is 152 Å². The number of nitrogens with zero attached hydrogens (tertiary/aromatic N) is 9. The first-order valence-electron chi connectivity index (χ1n) is 23.5. The molecule has 5 aliphatic rings. The van der Waals surface area contributed by atoms with Gasteiger partial charge in [-0.2, -0.15) is 10.4 Å². The number of likely N-dealkylation sites (tertiary alicyclic amines) is 1. The zero-order valence-corrected chi connectivity index (χ0v) is 38.2. The molecule has 0 bridgehead atoms. The molecule has 19 heteroatoms. The predicted octanol–water partition coefficient (Wildman–Crippen LogP) is 3.34. The molecule has 4 fully saturated rings. The van der Waals surface area contributed by atoms with Crippen LogP contribution in [0, 0.1) is 23.0 Å². The number of hydrogen-bond acceptors (Lipinski definition) is 12. The lowest BCUT2D eigenvalue weighted by atomic mass is 9.85. The van der Waals surface area contributed by atoms with Crippen molar-refractivity contribution in [2.75, 3.05) is 70.4 Å². The molecule has 0 aliphatic carbocycles. The monoisotopic (exact) mass is 941 g/mol. The molecular formula is C50H53F2N11O6. The molecule has 0 spiro atoms. The number of ether oxygens (including phenoxy) is 1. The standard InChI is InChI=1S/C50H53F2N11O6/c1-2-69-37-22-39(46-34(23-53)25-55-63(46)29-37)32-4-9-43(54-24-32)60-13-11-50(12-14-60,57-47(66)40-21-35(51)5-7-41(40)52)30-58-15-17-59(18-16-58)36-27-61(28-36)45(65)20-31-3-6-38-33(19-31)26-62(49(38)68)42-8-10-44(64)56-48(42)67/h3-7,9,19,21-22,24-25,29,36,42,48,67H,2,8,10-18,20,26-28,30H2,1H3,(H,56,64)(H,57,66). The third-order valence-corrected chi connectivity index (χ3v) is 14.4. The van der Waals surface area contributed by atoms with Gasteiger partial charge < -0.3 is 35.2 Å². The summed E-state index contributed by atoms with van der Waals surface area (Å²) in [5.74, 6) is -1.21. The predicted molar refractivity (Wildman–Crippen MR) is 248 cm³/mol. The Hall–Kier alpha value is -7.01. The number of halogens is 2. The summed E-state index contributed by atoms with van der Waals surface area (Å²) >= 11 is 0. The van der Waals surface area contributed by atoms with Crippen LogP contribution in [0.4, 0.5) is 14.6 Å². The number of piperidine rings is 2. The molecule has 5 aliphatic heterocycles. The second-order valence-corrected chi connectivity index (χ2v) is 18.7. The third-order valence-electron chi connectivity index (χ3n) is 14.4. The fourth-order valence-electron chi connectivity index (χ4n) is 10.6. The smallest absolute Gasteiger partial charge is 0.254 e. The van der Waals surface area contributed by atoms with Crippen molar-refractivity contribution in [2.45, 2.75) is 69.4 Å². The zero-order chi connectivity index (χ0) is 48.0. The Morgan fingerprint density at radius 3 is 2.51 bits per heavy atom. The minimum atomic E-state index is -1.12. The number of carbonyl (C=O) groups excluding carboxylic acids is 4. The molecule has 17 nitrogen and oxygen atoms in total. The Bertz CT molecular complexity index is 2850. The number of aromatic nitrogens is 3. The largest absolute Gasteiger partial charge is 0.492 e. The number of pyridine rings is 2. The van der Waals surface area contributed by atoms with Crippen molar-refractivity contribution in [3.05, 3.63) is 113 Å². The SMILES string of the molecule is CCOc1cc(-c2ccc(N3CCC(CN4CCN(C5CN(C(=O)Cc6ccc7c(c6)CN(C6CCC(=O)NC6O)C7=O)C5)CC4)(NC(=O)c4cc(F)ccc4F)CC3)nc2)c2c(C#N)cnn2c1. The van der Waals surface area contributed by atoms with Gasteiger partial charge in [0.1, 0.15) is 35.5 Å². The minimum Gasteiger partial charge on any atom is -0.492 e. The average molecular weight is 942 g/mol. The van der Waals surface area contributed by atoms with Crippen LogP contribution in [0.15, 0.2) is 73.2 Å². The van der Waals surface area contributed by atoms with Gasteiger partial charge in [-0.05, 0) is 79.8 Å². The highest BCUT2D eigenvalue weighted by molar-refractivity contribution is 5.99. The highest BCUT2D eigenvalue weighted by atomic mass is 19.1. The number of rotatable bonds is 12. The molecule has 0 saturated carbocycles. The number of nitrogens with one attached hydrogen (secondary N) is 2. The molecule has 10 rings (SSSR count). The highest BCUT2D eigenvalue weighted by Crippen LogP contribution is 2.34. The second-order valence-electron chi connectivity index (χ2n) is 18.7. The van der Waals surface area contributed by atoms with Crippen LogP contribution < -0.4 is 20.3 Å². The molecule has 2 aromatic carbocycles. The van der Waals surface area contributed by atoms with Gasteiger partial charge in [0.05, 0.1) is 53.6 Å². The Morgan fingerprint density at radius 1 is 0.986 bits per heavy atom. The highest BCUT2D eigenvalue weighted by Gasteiger charge is 2.42. The minimum absolute atomic E-state index is 0.0128. The van der Waals surface area contributed by atoms with Crippen molar-refractivity contribution in [3.63, 3.8) is 0 Å². The molecule has 358 valence electrons. The Morgan fingerprint density at radius 2 is 1.78 bits per heavy atom. The van der Waals surface area contributed by atoms with Crippen molar-refractivity contribution in [1.29, 1.82) is 5.26 Å². The van der Waals surface area contributed by atoms with Gasteiger partial charge in [0.15, 0.2) is 0 Å². The van der Waals surface area contributed by atoms with Gasteiger partial charge in [0, 0.05) is 101 Å². The second kappa shape index (κ2) is 18.8. The molecule has 3 N–H and O–H groups in total. The number of nitriles is 1. The van der Waals surface area contributed by atoms with Gasteiger partial charge in [0.2, 0.25) is 11.8 Å². The van der Waals surface area contributed by atoms with Crippen LogP contribution in [0.3, 0.4) is 0 Å². The van der Waals surface area contributed by atoms with Gasteiger partial charge in [-0.25, -0.2) is 18.3 Å². The summed E-state index contributed by atoms with van der Waals surface area (Å²) in [5, 5.41) is 30.3. The molecule has 0 radical (unpaired) electrons. The molecule has 4 amide bonds. The summed E-state index contributed by atoms with van der Waals surface area (Å²) in [4.78, 5) is 67.2. The van der Waals surface area contributed by atoms with E-state index in [1.807, 2.05) is 42.2 Å². The first-order valence-corrected chi connectivity index (χ1v) is 23.5. The number of amides is 4. The van der Waals surface area contributed by atoms with Crippen molar-refractivity contribution >= 4 is 35.0 Å². The van der Waals surface area contributed by atoms with E-state index < -0.39 is 35.4 Å². The molecule has 8 heterocycles. The van der Waals surface area contributed by atoms with Crippen LogP contribution in [0.25, 0.3) is 16.6 Å². The number of fused-ring (bicyclic) bond motifs is 2. The van der Waals surface area contributed by atoms with Gasteiger partial charge in [0.25, 0.3) is 11.8 Å². The lowest BCUT2D eigenvalue weighted by Gasteiger charge is -2.50. The van der Waals surface area contributed by atoms with E-state index >= 15 is 0 Å². The van der Waals surface area contributed by atoms with E-state index in [4.69, 9.17) is 9.72 Å². The van der Waals surface area contributed by atoms with Crippen molar-refractivity contribution < 1.29 is 37.8 Å². The number of piperazine rings is 1. The molecule has 2 atom stereocenters. The van der Waals surface area contributed by atoms with E-state index in [0.29, 0.717) is 87.5 Å². The van der Waals surface area contributed by atoms with E-state index in [1.54, 1.807) is 27.9 Å². The van der Waals surface area contributed by atoms with Crippen LogP contribution in [0.2, 0.25) is 0 Å². The summed E-state index contributed by atoms with van der Waals surface area (Å²) < 4.78 is 36.6. The Balaban J connectivity index is 0.753. The number of aliphatic hydroxyl groups excluding tert-OH is 1. The lowest BCUT2D eigenvalue weighted by molar-refractivity contribution is -0.138. The van der Waals surface area contributed by atoms with E-state index in [1.165, 1.54) is 6.20 Å². The number of hydrogen-bond donors (Lipinski definition) is 3. The summed E-state index contributed by atoms with van der Waals surface area (Å²) in [6.07, 6.45) is 5.81. The maximum Gasteiger partial charge on any atom is 0.254 e. The van der Waals surface area contributed by atoms with Gasteiger partial charge in [-0.1, -0.05) is 12.1 Å². The Labute approximate surface area is 397 Å². The number of benzene rings is 2. The molecule has 4 saturated heterocycles. The zero-order valence-electron chi connectivity index (χ0n) is 38.2. The topological polar surface area (TPSA) is 192 Å². The number of carbonyl (C=O) groups is 4. The number of anilines is 1. The molecule has 5 aromatic rings.